The van der Waals surface area contributed by atoms with E-state index >= 15 is 0 Å². The summed E-state index contributed by atoms with van der Waals surface area (Å²) in [6.07, 6.45) is 0.400. The summed E-state index contributed by atoms with van der Waals surface area (Å²) in [5, 5.41) is 20.8. The average molecular weight is 887 g/mol. The SMILES string of the molecule is COCCOC(CCc1ccccc1)c1cc(C(=O)N[C@@H](COCc2ccccc2)[C@@H](O)C[C@H](C(=O)N[C@H](C(=O)NCc2ccccc2)C(C)C)C(C)C)cc(N(C)S(C)(=O)=O)c1. The zero-order chi connectivity index (χ0) is 45.9. The summed E-state index contributed by atoms with van der Waals surface area (Å²) in [4.78, 5) is 41.8. The second kappa shape index (κ2) is 25.2. The molecule has 0 radical (unpaired) electrons. The molecule has 0 heterocycles. The largest absolute Gasteiger partial charge is 0.391 e. The molecule has 0 saturated heterocycles. The van der Waals surface area contributed by atoms with Crippen molar-refractivity contribution < 1.29 is 42.1 Å². The van der Waals surface area contributed by atoms with Crippen LogP contribution in [0.1, 0.15) is 79.3 Å². The van der Waals surface area contributed by atoms with Crippen LogP contribution < -0.4 is 20.3 Å². The van der Waals surface area contributed by atoms with E-state index in [1.807, 2.05) is 119 Å². The first-order valence-electron chi connectivity index (χ1n) is 21.5. The van der Waals surface area contributed by atoms with Gasteiger partial charge in [0.05, 0.1) is 56.6 Å². The Morgan fingerprint density at radius 2 is 1.37 bits per heavy atom. The van der Waals surface area contributed by atoms with Gasteiger partial charge in [0.15, 0.2) is 0 Å². The molecule has 5 atom stereocenters. The van der Waals surface area contributed by atoms with Gasteiger partial charge in [-0.3, -0.25) is 18.7 Å². The number of hydrogen-bond donors (Lipinski definition) is 4. The number of aryl methyl sites for hydroxylation is 1. The summed E-state index contributed by atoms with van der Waals surface area (Å²) < 4.78 is 44.4. The first-order valence-corrected chi connectivity index (χ1v) is 23.4. The standard InChI is InChI=1S/C49H66N4O9S/c1-34(2)42(48(56)52-46(35(3)4)49(57)50-31-37-19-13-9-14-20-37)30-44(54)43(33-61-32-38-21-15-10-16-22-38)51-47(55)40-27-39(28-41(29-40)53(5)63(7,58)59)45(62-26-25-60-6)24-23-36-17-11-8-12-18-36/h8-22,27-29,34-35,42-46,54H,23-26,30-33H2,1-7H3,(H,50,57)(H,51,55)(H,52,56)/t42-,43-,44-,45?,46-/m0/s1. The molecular formula is C49H66N4O9S. The maximum atomic E-state index is 14.4. The summed E-state index contributed by atoms with van der Waals surface area (Å²) in [5.41, 5.74) is 3.88. The Hall–Kier alpha value is -5.12. The molecule has 4 N–H and O–H groups in total. The lowest BCUT2D eigenvalue weighted by molar-refractivity contribution is -0.134. The lowest BCUT2D eigenvalue weighted by Crippen LogP contribution is -2.53. The van der Waals surface area contributed by atoms with E-state index in [4.69, 9.17) is 14.2 Å². The molecule has 13 nitrogen and oxygen atoms in total. The van der Waals surface area contributed by atoms with E-state index in [0.717, 1.165) is 27.3 Å². The molecule has 0 aliphatic heterocycles. The van der Waals surface area contributed by atoms with Gasteiger partial charge < -0.3 is 35.3 Å². The summed E-state index contributed by atoms with van der Waals surface area (Å²) in [7, 11) is -0.749. The number of carbonyl (C=O) groups is 3. The monoisotopic (exact) mass is 886 g/mol. The quantitative estimate of drug-likeness (QED) is 0.0535. The Bertz CT molecular complexity index is 2120. The molecule has 3 amide bonds. The predicted molar refractivity (Wildman–Crippen MR) is 246 cm³/mol. The van der Waals surface area contributed by atoms with Crippen molar-refractivity contribution in [3.8, 4) is 0 Å². The molecule has 0 bridgehead atoms. The first-order chi connectivity index (χ1) is 30.1. The smallest absolute Gasteiger partial charge is 0.251 e. The van der Waals surface area contributed by atoms with Crippen LogP contribution in [-0.2, 0) is 53.4 Å². The van der Waals surface area contributed by atoms with Crippen molar-refractivity contribution in [1.29, 1.82) is 0 Å². The summed E-state index contributed by atoms with van der Waals surface area (Å²) in [6.45, 7) is 8.42. The van der Waals surface area contributed by atoms with Gasteiger partial charge in [0.25, 0.3) is 5.91 Å². The summed E-state index contributed by atoms with van der Waals surface area (Å²) >= 11 is 0. The number of carbonyl (C=O) groups excluding carboxylic acids is 3. The van der Waals surface area contributed by atoms with E-state index in [0.29, 0.717) is 31.6 Å². The lowest BCUT2D eigenvalue weighted by Gasteiger charge is -2.30. The summed E-state index contributed by atoms with van der Waals surface area (Å²) in [6, 6.07) is 31.9. The van der Waals surface area contributed by atoms with Crippen molar-refractivity contribution in [2.24, 2.45) is 17.8 Å². The normalized spacial score (nSPS) is 14.1. The molecule has 4 rings (SSSR count). The zero-order valence-corrected chi connectivity index (χ0v) is 38.5. The van der Waals surface area contributed by atoms with Gasteiger partial charge in [0.2, 0.25) is 21.8 Å². The molecule has 0 aliphatic rings. The van der Waals surface area contributed by atoms with Gasteiger partial charge in [0, 0.05) is 32.2 Å². The molecule has 0 aromatic heterocycles. The molecule has 4 aromatic rings. The van der Waals surface area contributed by atoms with Crippen LogP contribution in [0.15, 0.2) is 109 Å². The Kier molecular flexibility index (Phi) is 20.2. The Morgan fingerprint density at radius 3 is 1.94 bits per heavy atom. The van der Waals surface area contributed by atoms with E-state index in [1.54, 1.807) is 19.2 Å². The van der Waals surface area contributed by atoms with Crippen molar-refractivity contribution in [2.75, 3.05) is 44.5 Å². The van der Waals surface area contributed by atoms with Gasteiger partial charge in [-0.15, -0.1) is 0 Å². The van der Waals surface area contributed by atoms with E-state index in [2.05, 4.69) is 16.0 Å². The number of anilines is 1. The molecule has 0 saturated carbocycles. The minimum absolute atomic E-state index is 0.0589. The number of aliphatic hydroxyl groups excluding tert-OH is 1. The van der Waals surface area contributed by atoms with E-state index in [9.17, 15) is 27.9 Å². The molecular weight excluding hydrogens is 821 g/mol. The maximum Gasteiger partial charge on any atom is 0.251 e. The number of aliphatic hydroxyl groups is 1. The van der Waals surface area contributed by atoms with Gasteiger partial charge in [-0.25, -0.2) is 8.42 Å². The van der Waals surface area contributed by atoms with Crippen molar-refractivity contribution in [2.45, 2.75) is 84.4 Å². The van der Waals surface area contributed by atoms with Crippen LogP contribution in [-0.4, -0.2) is 89.7 Å². The number of hydrogen-bond acceptors (Lipinski definition) is 9. The molecule has 63 heavy (non-hydrogen) atoms. The second-order valence-electron chi connectivity index (χ2n) is 16.6. The van der Waals surface area contributed by atoms with Crippen molar-refractivity contribution >= 4 is 33.4 Å². The fourth-order valence-electron chi connectivity index (χ4n) is 7.06. The molecule has 0 spiro atoms. The maximum absolute atomic E-state index is 14.4. The Morgan fingerprint density at radius 1 is 0.762 bits per heavy atom. The van der Waals surface area contributed by atoms with Gasteiger partial charge in [0.1, 0.15) is 6.04 Å². The van der Waals surface area contributed by atoms with Crippen LogP contribution in [0.4, 0.5) is 5.69 Å². The molecule has 342 valence electrons. The van der Waals surface area contributed by atoms with Crippen molar-refractivity contribution in [3.63, 3.8) is 0 Å². The third kappa shape index (κ3) is 16.5. The fourth-order valence-corrected chi connectivity index (χ4v) is 7.55. The highest BCUT2D eigenvalue weighted by atomic mass is 32.2. The van der Waals surface area contributed by atoms with Gasteiger partial charge in [-0.1, -0.05) is 119 Å². The number of nitrogens with zero attached hydrogens (tertiary/aromatic N) is 1. The minimum Gasteiger partial charge on any atom is -0.391 e. The van der Waals surface area contributed by atoms with E-state index in [1.165, 1.54) is 13.1 Å². The highest BCUT2D eigenvalue weighted by Crippen LogP contribution is 2.30. The lowest BCUT2D eigenvalue weighted by atomic mass is 9.86. The Balaban J connectivity index is 1.62. The van der Waals surface area contributed by atoms with Gasteiger partial charge >= 0.3 is 0 Å². The molecule has 4 aromatic carbocycles. The fraction of sp³-hybridized carbons (Fsp3) is 0.449. The number of nitrogens with one attached hydrogen (secondary N) is 3. The number of methoxy groups -OCH3 is 1. The number of benzene rings is 4. The number of rotatable bonds is 26. The second-order valence-corrected chi connectivity index (χ2v) is 18.6. The van der Waals surface area contributed by atoms with Crippen LogP contribution in [0, 0.1) is 17.8 Å². The van der Waals surface area contributed by atoms with Gasteiger partial charge in [-0.2, -0.15) is 0 Å². The van der Waals surface area contributed by atoms with Crippen LogP contribution in [0.3, 0.4) is 0 Å². The van der Waals surface area contributed by atoms with Crippen LogP contribution >= 0.6 is 0 Å². The van der Waals surface area contributed by atoms with Crippen molar-refractivity contribution in [3.05, 3.63) is 137 Å². The molecule has 1 unspecified atom stereocenters. The van der Waals surface area contributed by atoms with Gasteiger partial charge in [-0.05, 0) is 71.6 Å². The minimum atomic E-state index is -3.74. The van der Waals surface area contributed by atoms with Crippen LogP contribution in [0.5, 0.6) is 0 Å². The average Bonchev–Trinajstić information content (AvgIpc) is 3.27. The number of amides is 3. The first kappa shape index (κ1) is 50.5. The highest BCUT2D eigenvalue weighted by molar-refractivity contribution is 7.92. The molecule has 14 heteroatoms. The molecule has 0 aliphatic carbocycles. The van der Waals surface area contributed by atoms with E-state index < -0.39 is 52.0 Å². The predicted octanol–water partition coefficient (Wildman–Crippen LogP) is 6.21. The number of ether oxygens (including phenoxy) is 3. The third-order valence-electron chi connectivity index (χ3n) is 11.0. The van der Waals surface area contributed by atoms with Crippen molar-refractivity contribution in [1.82, 2.24) is 16.0 Å². The number of sulfonamides is 1. The Labute approximate surface area is 374 Å². The van der Waals surface area contributed by atoms with E-state index in [-0.39, 0.29) is 55.2 Å². The van der Waals surface area contributed by atoms with Crippen LogP contribution in [0.25, 0.3) is 0 Å². The highest BCUT2D eigenvalue weighted by Gasteiger charge is 2.34. The zero-order valence-electron chi connectivity index (χ0n) is 37.7. The van der Waals surface area contributed by atoms with Crippen LogP contribution in [0.2, 0.25) is 0 Å². The molecule has 0 fully saturated rings. The summed E-state index contributed by atoms with van der Waals surface area (Å²) in [5.74, 6) is -2.54. The topological polar surface area (TPSA) is 173 Å². The third-order valence-corrected chi connectivity index (χ3v) is 12.2.